The summed E-state index contributed by atoms with van der Waals surface area (Å²) in [5, 5.41) is 4.82. The Balaban J connectivity index is 2.42. The molecule has 0 aliphatic carbocycles. The number of carbonyl (C=O) groups is 1. The minimum Gasteiger partial charge on any atom is -0.351 e. The summed E-state index contributed by atoms with van der Waals surface area (Å²) >= 11 is 5.61. The highest BCUT2D eigenvalue weighted by Crippen LogP contribution is 2.17. The summed E-state index contributed by atoms with van der Waals surface area (Å²) in [6.45, 7) is 5.07. The van der Waals surface area contributed by atoms with Gasteiger partial charge in [0.25, 0.3) is 5.91 Å². The number of rotatable bonds is 5. The zero-order valence-corrected chi connectivity index (χ0v) is 10.8. The van der Waals surface area contributed by atoms with Gasteiger partial charge in [-0.25, -0.2) is 0 Å². The molecule has 0 radical (unpaired) electrons. The number of nitrogens with one attached hydrogen (secondary N) is 1. The number of hydrogen-bond acceptors (Lipinski definition) is 3. The fraction of sp³-hybridized carbons (Fsp3) is 0.545. The molecule has 1 aromatic heterocycles. The smallest absolute Gasteiger partial charge is 0.261 e. The van der Waals surface area contributed by atoms with Crippen molar-refractivity contribution in [2.24, 2.45) is 5.92 Å². The summed E-state index contributed by atoms with van der Waals surface area (Å²) in [6.07, 6.45) is 2.22. The summed E-state index contributed by atoms with van der Waals surface area (Å²) in [5.41, 5.74) is 0. The summed E-state index contributed by atoms with van der Waals surface area (Å²) in [5.74, 6) is 0.608. The first-order chi connectivity index (χ1) is 7.17. The van der Waals surface area contributed by atoms with Gasteiger partial charge in [0.15, 0.2) is 0 Å². The first-order valence-electron chi connectivity index (χ1n) is 5.23. The van der Waals surface area contributed by atoms with Gasteiger partial charge in [-0.3, -0.25) is 4.79 Å². The number of amides is 1. The topological polar surface area (TPSA) is 29.1 Å². The Kier molecular flexibility index (Phi) is 5.19. The van der Waals surface area contributed by atoms with Gasteiger partial charge < -0.3 is 5.32 Å². The SMILES string of the molecule is CCC(CC)CNC(=O)c1cc(S)cs1. The second-order valence-corrected chi connectivity index (χ2v) is 4.99. The van der Waals surface area contributed by atoms with Crippen molar-refractivity contribution < 1.29 is 4.79 Å². The summed E-state index contributed by atoms with van der Waals surface area (Å²) in [6, 6.07) is 1.80. The fourth-order valence-corrected chi connectivity index (χ4v) is 2.41. The molecule has 0 saturated heterocycles. The van der Waals surface area contributed by atoms with Crippen LogP contribution in [0.25, 0.3) is 0 Å². The molecule has 0 aliphatic rings. The number of thiol groups is 1. The maximum Gasteiger partial charge on any atom is 0.261 e. The largest absolute Gasteiger partial charge is 0.351 e. The first kappa shape index (κ1) is 12.6. The Bertz CT molecular complexity index is 318. The van der Waals surface area contributed by atoms with E-state index in [-0.39, 0.29) is 5.91 Å². The standard InChI is InChI=1S/C11H17NOS2/c1-3-8(4-2)6-12-11(13)10-5-9(14)7-15-10/h5,7-8,14H,3-4,6H2,1-2H3,(H,12,13). The van der Waals surface area contributed by atoms with E-state index in [9.17, 15) is 4.79 Å². The Morgan fingerprint density at radius 2 is 2.20 bits per heavy atom. The molecule has 0 aromatic carbocycles. The van der Waals surface area contributed by atoms with Gasteiger partial charge in [0.05, 0.1) is 4.88 Å². The van der Waals surface area contributed by atoms with Gasteiger partial charge in [0, 0.05) is 16.8 Å². The van der Waals surface area contributed by atoms with Crippen molar-refractivity contribution in [3.8, 4) is 0 Å². The Morgan fingerprint density at radius 1 is 1.53 bits per heavy atom. The highest BCUT2D eigenvalue weighted by atomic mass is 32.1. The van der Waals surface area contributed by atoms with Gasteiger partial charge in [0.2, 0.25) is 0 Å². The van der Waals surface area contributed by atoms with Crippen molar-refractivity contribution in [3.05, 3.63) is 16.3 Å². The zero-order valence-electron chi connectivity index (χ0n) is 9.12. The monoisotopic (exact) mass is 243 g/mol. The molecule has 1 heterocycles. The highest BCUT2D eigenvalue weighted by molar-refractivity contribution is 7.80. The quantitative estimate of drug-likeness (QED) is 0.764. The molecular weight excluding hydrogens is 226 g/mol. The van der Waals surface area contributed by atoms with E-state index >= 15 is 0 Å². The number of carbonyl (C=O) groups excluding carboxylic acids is 1. The summed E-state index contributed by atoms with van der Waals surface area (Å²) in [7, 11) is 0. The normalized spacial score (nSPS) is 10.7. The molecule has 1 N–H and O–H groups in total. The molecule has 1 aromatic rings. The van der Waals surface area contributed by atoms with Gasteiger partial charge in [0.1, 0.15) is 0 Å². The Labute approximate surface area is 100 Å². The van der Waals surface area contributed by atoms with Crippen LogP contribution in [-0.2, 0) is 0 Å². The maximum absolute atomic E-state index is 11.7. The third-order valence-corrected chi connectivity index (χ3v) is 3.88. The molecule has 1 rings (SSSR count). The van der Waals surface area contributed by atoms with Crippen LogP contribution in [0.2, 0.25) is 0 Å². The van der Waals surface area contributed by atoms with Crippen molar-refractivity contribution in [3.63, 3.8) is 0 Å². The number of thiophene rings is 1. The molecule has 84 valence electrons. The molecule has 0 spiro atoms. The molecule has 0 atom stereocenters. The average Bonchev–Trinajstić information content (AvgIpc) is 2.66. The van der Waals surface area contributed by atoms with Gasteiger partial charge in [-0.1, -0.05) is 26.7 Å². The summed E-state index contributed by atoms with van der Waals surface area (Å²) < 4.78 is 0. The van der Waals surface area contributed by atoms with E-state index in [1.807, 2.05) is 5.38 Å². The van der Waals surface area contributed by atoms with Gasteiger partial charge >= 0.3 is 0 Å². The van der Waals surface area contributed by atoms with E-state index < -0.39 is 0 Å². The maximum atomic E-state index is 11.7. The molecule has 2 nitrogen and oxygen atoms in total. The third kappa shape index (κ3) is 3.87. The van der Waals surface area contributed by atoms with Gasteiger partial charge in [-0.05, 0) is 12.0 Å². The third-order valence-electron chi connectivity index (χ3n) is 2.52. The minimum atomic E-state index is 0.0206. The molecule has 4 heteroatoms. The minimum absolute atomic E-state index is 0.0206. The van der Waals surface area contributed by atoms with Crippen LogP contribution in [0.3, 0.4) is 0 Å². The van der Waals surface area contributed by atoms with Crippen molar-refractivity contribution in [1.29, 1.82) is 0 Å². The van der Waals surface area contributed by atoms with E-state index in [1.165, 1.54) is 11.3 Å². The average molecular weight is 243 g/mol. The molecule has 0 saturated carbocycles. The van der Waals surface area contributed by atoms with Crippen LogP contribution < -0.4 is 5.32 Å². The molecule has 0 aliphatic heterocycles. The van der Waals surface area contributed by atoms with Crippen LogP contribution in [0.15, 0.2) is 16.3 Å². The van der Waals surface area contributed by atoms with E-state index in [1.54, 1.807) is 6.07 Å². The first-order valence-corrected chi connectivity index (χ1v) is 6.55. The molecule has 1 amide bonds. The molecule has 0 fully saturated rings. The Hall–Kier alpha value is -0.480. The molecule has 15 heavy (non-hydrogen) atoms. The van der Waals surface area contributed by atoms with Crippen molar-refractivity contribution >= 4 is 29.9 Å². The van der Waals surface area contributed by atoms with Gasteiger partial charge in [-0.2, -0.15) is 0 Å². The second-order valence-electron chi connectivity index (χ2n) is 3.56. The van der Waals surface area contributed by atoms with Crippen molar-refractivity contribution in [2.45, 2.75) is 31.6 Å². The predicted octanol–water partition coefficient (Wildman–Crippen LogP) is 3.20. The Morgan fingerprint density at radius 3 is 2.67 bits per heavy atom. The number of hydrogen-bond donors (Lipinski definition) is 2. The van der Waals surface area contributed by atoms with Crippen molar-refractivity contribution in [2.75, 3.05) is 6.54 Å². The van der Waals surface area contributed by atoms with Crippen LogP contribution in [0.4, 0.5) is 0 Å². The molecular formula is C11H17NOS2. The predicted molar refractivity (Wildman–Crippen MR) is 68.0 cm³/mol. The van der Waals surface area contributed by atoms with Crippen LogP contribution in [0.1, 0.15) is 36.4 Å². The van der Waals surface area contributed by atoms with Crippen LogP contribution in [-0.4, -0.2) is 12.5 Å². The summed E-state index contributed by atoms with van der Waals surface area (Å²) in [4.78, 5) is 13.3. The lowest BCUT2D eigenvalue weighted by Crippen LogP contribution is -2.28. The zero-order chi connectivity index (χ0) is 11.3. The highest BCUT2D eigenvalue weighted by Gasteiger charge is 2.10. The van der Waals surface area contributed by atoms with Crippen LogP contribution in [0.5, 0.6) is 0 Å². The second kappa shape index (κ2) is 6.18. The molecule has 0 bridgehead atoms. The van der Waals surface area contributed by atoms with E-state index in [2.05, 4.69) is 31.8 Å². The van der Waals surface area contributed by atoms with Gasteiger partial charge in [-0.15, -0.1) is 24.0 Å². The van der Waals surface area contributed by atoms with Crippen molar-refractivity contribution in [1.82, 2.24) is 5.32 Å². The van der Waals surface area contributed by atoms with Crippen LogP contribution in [0, 0.1) is 5.92 Å². The van der Waals surface area contributed by atoms with Crippen LogP contribution >= 0.6 is 24.0 Å². The van der Waals surface area contributed by atoms with E-state index in [4.69, 9.17) is 0 Å². The lowest BCUT2D eigenvalue weighted by molar-refractivity contribution is 0.0950. The fourth-order valence-electron chi connectivity index (χ4n) is 1.35. The molecule has 0 unspecified atom stereocenters. The lowest BCUT2D eigenvalue weighted by atomic mass is 10.0. The van der Waals surface area contributed by atoms with E-state index in [0.717, 1.165) is 29.2 Å². The van der Waals surface area contributed by atoms with E-state index in [0.29, 0.717) is 5.92 Å². The lowest BCUT2D eigenvalue weighted by Gasteiger charge is -2.12.